The Hall–Kier alpha value is -1.46. The molecule has 1 unspecified atom stereocenters. The smallest absolute Gasteiger partial charge is 0.338 e. The molecule has 0 aromatic heterocycles. The maximum Gasteiger partial charge on any atom is 0.338 e. The molecule has 0 aliphatic rings. The molecular weight excluding hydrogens is 318 g/mol. The van der Waals surface area contributed by atoms with Crippen LogP contribution in [-0.2, 0) is 29.0 Å². The number of aliphatic hydroxyl groups is 1. The standard InChI is InChI=1S/C10H12O3.C3H6O3.Zn/c1-2-7-13-10(12)8-3-5-9(11)6-4-8;1-2(4)3(5)6;/h3-6,11H,2,7H2,1H3;2,4H,1H3,(H,5,6);. The predicted molar refractivity (Wildman–Crippen MR) is 68.0 cm³/mol. The minimum Gasteiger partial charge on any atom is -0.508 e. The topological polar surface area (TPSA) is 104 Å². The van der Waals surface area contributed by atoms with Crippen LogP contribution in [0.5, 0.6) is 5.75 Å². The molecule has 3 N–H and O–H groups in total. The van der Waals surface area contributed by atoms with Gasteiger partial charge in [-0.05, 0) is 37.6 Å². The number of carbonyl (C=O) groups is 2. The average Bonchev–Trinajstić information content (AvgIpc) is 2.37. The van der Waals surface area contributed by atoms with E-state index in [1.54, 1.807) is 0 Å². The number of rotatable bonds is 4. The van der Waals surface area contributed by atoms with Gasteiger partial charge in [-0.3, -0.25) is 0 Å². The van der Waals surface area contributed by atoms with Gasteiger partial charge in [0.2, 0.25) is 0 Å². The third-order valence-electron chi connectivity index (χ3n) is 1.90. The first kappa shape index (κ1) is 20.9. The fourth-order valence-corrected chi connectivity index (χ4v) is 0.876. The molecular formula is C13H18O6Zn. The zero-order valence-corrected chi connectivity index (χ0v) is 14.5. The van der Waals surface area contributed by atoms with Crippen molar-refractivity contribution in [1.82, 2.24) is 0 Å². The largest absolute Gasteiger partial charge is 0.508 e. The van der Waals surface area contributed by atoms with E-state index in [-0.39, 0.29) is 31.2 Å². The quantitative estimate of drug-likeness (QED) is 0.567. The van der Waals surface area contributed by atoms with Gasteiger partial charge in [0.25, 0.3) is 0 Å². The number of phenols is 1. The Labute approximate surface area is 130 Å². The van der Waals surface area contributed by atoms with Crippen molar-refractivity contribution in [2.45, 2.75) is 26.4 Å². The van der Waals surface area contributed by atoms with Crippen LogP contribution in [0.2, 0.25) is 0 Å². The summed E-state index contributed by atoms with van der Waals surface area (Å²) < 4.78 is 4.90. The Balaban J connectivity index is 0. The molecule has 0 heterocycles. The summed E-state index contributed by atoms with van der Waals surface area (Å²) in [7, 11) is 0. The first-order valence-electron chi connectivity index (χ1n) is 5.75. The molecule has 20 heavy (non-hydrogen) atoms. The molecule has 1 aromatic rings. The van der Waals surface area contributed by atoms with Gasteiger partial charge in [0, 0.05) is 19.5 Å². The second-order valence-corrected chi connectivity index (χ2v) is 3.70. The van der Waals surface area contributed by atoms with Crippen LogP contribution in [0.25, 0.3) is 0 Å². The number of hydrogen-bond acceptors (Lipinski definition) is 5. The molecule has 108 valence electrons. The number of ether oxygens (including phenoxy) is 1. The van der Waals surface area contributed by atoms with Crippen molar-refractivity contribution < 1.29 is 49.1 Å². The predicted octanol–water partition coefficient (Wildman–Crippen LogP) is 1.41. The van der Waals surface area contributed by atoms with Gasteiger partial charge in [0.1, 0.15) is 11.9 Å². The monoisotopic (exact) mass is 334 g/mol. The van der Waals surface area contributed by atoms with Crippen LogP contribution in [0.4, 0.5) is 0 Å². The van der Waals surface area contributed by atoms with Gasteiger partial charge in [-0.25, -0.2) is 9.59 Å². The number of benzene rings is 1. The van der Waals surface area contributed by atoms with Crippen molar-refractivity contribution in [3.63, 3.8) is 0 Å². The van der Waals surface area contributed by atoms with E-state index in [1.807, 2.05) is 6.92 Å². The number of esters is 1. The summed E-state index contributed by atoms with van der Waals surface area (Å²) in [6.45, 7) is 3.56. The number of carbonyl (C=O) groups excluding carboxylic acids is 1. The minimum absolute atomic E-state index is 0. The van der Waals surface area contributed by atoms with E-state index in [0.717, 1.165) is 6.42 Å². The second kappa shape index (κ2) is 11.4. The van der Waals surface area contributed by atoms with Gasteiger partial charge in [0.15, 0.2) is 0 Å². The van der Waals surface area contributed by atoms with E-state index in [0.29, 0.717) is 12.2 Å². The number of aliphatic hydroxyl groups excluding tert-OH is 1. The third-order valence-corrected chi connectivity index (χ3v) is 1.90. The van der Waals surface area contributed by atoms with Gasteiger partial charge in [-0.1, -0.05) is 6.92 Å². The van der Waals surface area contributed by atoms with Crippen LogP contribution in [0.3, 0.4) is 0 Å². The van der Waals surface area contributed by atoms with E-state index < -0.39 is 12.1 Å². The molecule has 6 nitrogen and oxygen atoms in total. The van der Waals surface area contributed by atoms with Gasteiger partial charge in [0.05, 0.1) is 12.2 Å². The summed E-state index contributed by atoms with van der Waals surface area (Å²) in [5, 5.41) is 24.7. The number of aliphatic carboxylic acids is 1. The van der Waals surface area contributed by atoms with Crippen molar-refractivity contribution in [2.24, 2.45) is 0 Å². The Morgan fingerprint density at radius 2 is 1.70 bits per heavy atom. The molecule has 0 fully saturated rings. The van der Waals surface area contributed by atoms with Gasteiger partial charge in [-0.2, -0.15) is 0 Å². The first-order valence-corrected chi connectivity index (χ1v) is 5.75. The number of carboxylic acid groups (broad SMARTS) is 1. The van der Waals surface area contributed by atoms with Gasteiger partial charge in [-0.15, -0.1) is 0 Å². The van der Waals surface area contributed by atoms with Crippen molar-refractivity contribution >= 4 is 11.9 Å². The molecule has 0 saturated heterocycles. The maximum atomic E-state index is 11.2. The van der Waals surface area contributed by atoms with Crippen molar-refractivity contribution in [3.8, 4) is 5.75 Å². The second-order valence-electron chi connectivity index (χ2n) is 3.70. The molecule has 0 radical (unpaired) electrons. The fraction of sp³-hybridized carbons (Fsp3) is 0.385. The third kappa shape index (κ3) is 9.47. The first-order chi connectivity index (χ1) is 8.88. The summed E-state index contributed by atoms with van der Waals surface area (Å²) in [4.78, 5) is 20.7. The Kier molecular flexibility index (Phi) is 11.9. The zero-order valence-electron chi connectivity index (χ0n) is 11.6. The van der Waals surface area contributed by atoms with E-state index in [4.69, 9.17) is 20.1 Å². The normalized spacial score (nSPS) is 10.3. The van der Waals surface area contributed by atoms with Crippen molar-refractivity contribution in [1.29, 1.82) is 0 Å². The van der Waals surface area contributed by atoms with Crippen molar-refractivity contribution in [2.75, 3.05) is 6.61 Å². The zero-order chi connectivity index (χ0) is 14.8. The van der Waals surface area contributed by atoms with Crippen LogP contribution in [0.1, 0.15) is 30.6 Å². The van der Waals surface area contributed by atoms with E-state index in [9.17, 15) is 9.59 Å². The Bertz CT molecular complexity index is 402. The fourth-order valence-electron chi connectivity index (χ4n) is 0.876. The number of phenolic OH excluding ortho intramolecular Hbond substituents is 1. The molecule has 1 atom stereocenters. The molecule has 1 aromatic carbocycles. The molecule has 0 bridgehead atoms. The summed E-state index contributed by atoms with van der Waals surface area (Å²) in [6.07, 6.45) is -0.422. The summed E-state index contributed by atoms with van der Waals surface area (Å²) >= 11 is 0. The summed E-state index contributed by atoms with van der Waals surface area (Å²) in [6, 6.07) is 5.99. The molecule has 0 aliphatic carbocycles. The number of hydrogen-bond donors (Lipinski definition) is 3. The van der Waals surface area contributed by atoms with Crippen LogP contribution in [0, 0.1) is 0 Å². The SMILES string of the molecule is CC(O)C(=O)O.CCCOC(=O)c1ccc(O)cc1.[Zn]. The van der Waals surface area contributed by atoms with Crippen LogP contribution in [0.15, 0.2) is 24.3 Å². The maximum absolute atomic E-state index is 11.2. The van der Waals surface area contributed by atoms with E-state index in [2.05, 4.69) is 0 Å². The van der Waals surface area contributed by atoms with Crippen LogP contribution >= 0.6 is 0 Å². The van der Waals surface area contributed by atoms with Crippen LogP contribution in [-0.4, -0.2) is 40.0 Å². The summed E-state index contributed by atoms with van der Waals surface area (Å²) in [5.41, 5.74) is 0.464. The number of carboxylic acids is 1. The average molecular weight is 336 g/mol. The minimum atomic E-state index is -1.23. The van der Waals surface area contributed by atoms with E-state index in [1.165, 1.54) is 31.2 Å². The molecule has 1 rings (SSSR count). The molecule has 0 spiro atoms. The molecule has 0 amide bonds. The Morgan fingerprint density at radius 3 is 2.05 bits per heavy atom. The number of aromatic hydroxyl groups is 1. The van der Waals surface area contributed by atoms with Gasteiger partial charge >= 0.3 is 11.9 Å². The van der Waals surface area contributed by atoms with Gasteiger partial charge < -0.3 is 20.1 Å². The molecule has 0 aliphatic heterocycles. The molecule has 7 heteroatoms. The summed E-state index contributed by atoms with van der Waals surface area (Å²) in [5.74, 6) is -1.39. The molecule has 0 saturated carbocycles. The Morgan fingerprint density at radius 1 is 1.25 bits per heavy atom. The van der Waals surface area contributed by atoms with Crippen molar-refractivity contribution in [3.05, 3.63) is 29.8 Å². The van der Waals surface area contributed by atoms with Crippen LogP contribution < -0.4 is 0 Å². The van der Waals surface area contributed by atoms with E-state index >= 15 is 0 Å².